The number of aromatic nitrogens is 1. The summed E-state index contributed by atoms with van der Waals surface area (Å²) in [6.45, 7) is 0.672. The fraction of sp³-hybridized carbons (Fsp3) is 0.400. The Hall–Kier alpha value is -2.80. The summed E-state index contributed by atoms with van der Waals surface area (Å²) < 4.78 is 10.5. The van der Waals surface area contributed by atoms with E-state index in [0.717, 1.165) is 23.3 Å². The Balaban J connectivity index is 1.59. The number of carbonyl (C=O) groups is 1. The molecule has 0 unspecified atom stereocenters. The number of aromatic amines is 1. The van der Waals surface area contributed by atoms with Gasteiger partial charge in [0.2, 0.25) is 5.43 Å². The van der Waals surface area contributed by atoms with Gasteiger partial charge in [0.05, 0.1) is 25.9 Å². The van der Waals surface area contributed by atoms with Gasteiger partial charge in [0.25, 0.3) is 5.91 Å². The smallest absolute Gasteiger partial charge is 0.268 e. The van der Waals surface area contributed by atoms with Crippen LogP contribution in [0, 0.1) is 5.92 Å². The summed E-state index contributed by atoms with van der Waals surface area (Å²) in [5, 5.41) is 12.7. The molecule has 0 spiro atoms. The minimum absolute atomic E-state index is 0.147. The third-order valence-electron chi connectivity index (χ3n) is 5.32. The van der Waals surface area contributed by atoms with Crippen LogP contribution >= 0.6 is 0 Å². The van der Waals surface area contributed by atoms with Crippen LogP contribution in [0.2, 0.25) is 0 Å². The Labute approximate surface area is 156 Å². The average Bonchev–Trinajstić information content (AvgIpc) is 3.11. The van der Waals surface area contributed by atoms with Crippen LogP contribution < -0.4 is 20.2 Å². The lowest BCUT2D eigenvalue weighted by molar-refractivity contribution is 0.0234. The predicted molar refractivity (Wildman–Crippen MR) is 98.2 cm³/mol. The zero-order valence-corrected chi connectivity index (χ0v) is 15.0. The first-order valence-corrected chi connectivity index (χ1v) is 9.06. The highest BCUT2D eigenvalue weighted by Crippen LogP contribution is 2.39. The molecule has 0 bridgehead atoms. The van der Waals surface area contributed by atoms with Gasteiger partial charge in [-0.2, -0.15) is 0 Å². The van der Waals surface area contributed by atoms with E-state index in [0.29, 0.717) is 19.4 Å². The molecule has 7 nitrogen and oxygen atoms in total. The second-order valence-corrected chi connectivity index (χ2v) is 7.08. The molecule has 1 fully saturated rings. The number of aliphatic hydroxyl groups excluding tert-OH is 1. The first-order chi connectivity index (χ1) is 13.0. The van der Waals surface area contributed by atoms with Crippen molar-refractivity contribution < 1.29 is 19.4 Å². The van der Waals surface area contributed by atoms with Crippen LogP contribution in [0.5, 0.6) is 11.5 Å². The maximum Gasteiger partial charge on any atom is 0.268 e. The van der Waals surface area contributed by atoms with Gasteiger partial charge < -0.3 is 24.9 Å². The Morgan fingerprint density at radius 3 is 2.89 bits per heavy atom. The maximum atomic E-state index is 12.7. The fourth-order valence-corrected chi connectivity index (χ4v) is 3.74. The number of hydrogen-bond donors (Lipinski definition) is 3. The normalized spacial score (nSPS) is 21.6. The summed E-state index contributed by atoms with van der Waals surface area (Å²) >= 11 is 0. The van der Waals surface area contributed by atoms with Crippen LogP contribution in [-0.4, -0.2) is 35.8 Å². The van der Waals surface area contributed by atoms with Crippen LogP contribution in [0.3, 0.4) is 0 Å². The topological polar surface area (TPSA) is 101 Å². The molecule has 0 radical (unpaired) electrons. The molecular weight excluding hydrogens is 348 g/mol. The van der Waals surface area contributed by atoms with Gasteiger partial charge in [-0.05, 0) is 42.0 Å². The number of H-pyrrole nitrogens is 1. The van der Waals surface area contributed by atoms with E-state index in [1.54, 1.807) is 0 Å². The number of nitrogens with one attached hydrogen (secondary N) is 2. The van der Waals surface area contributed by atoms with E-state index in [4.69, 9.17) is 9.47 Å². The van der Waals surface area contributed by atoms with Gasteiger partial charge in [0.1, 0.15) is 11.4 Å². The van der Waals surface area contributed by atoms with Crippen molar-refractivity contribution in [3.63, 3.8) is 0 Å². The number of rotatable bonds is 5. The molecule has 1 saturated carbocycles. The Kier molecular flexibility index (Phi) is 4.61. The molecule has 2 aliphatic rings. The first-order valence-electron chi connectivity index (χ1n) is 9.06. The van der Waals surface area contributed by atoms with Crippen molar-refractivity contribution in [3.05, 3.63) is 57.5 Å². The summed E-state index contributed by atoms with van der Waals surface area (Å²) in [5.41, 5.74) is 1.94. The molecule has 1 atom stereocenters. The standard InChI is InChI=1S/C20H22N2O5/c1-26-18-10-21-15(9-16(18)24)20(25)22-19(13-7-14(23)8-13)12-2-3-17-11(6-12)4-5-27-17/h2-3,6,9-10,13-14,19,23H,4-5,7-8H2,1H3,(H,21,24)(H,22,25)/t13?,14?,19-/m1/s1. The highest BCUT2D eigenvalue weighted by atomic mass is 16.5. The molecule has 2 aromatic rings. The second kappa shape index (κ2) is 7.08. The van der Waals surface area contributed by atoms with Crippen molar-refractivity contribution in [2.75, 3.05) is 13.7 Å². The number of aliphatic hydroxyl groups is 1. The van der Waals surface area contributed by atoms with Gasteiger partial charge in [0, 0.05) is 18.7 Å². The number of fused-ring (bicyclic) bond motifs is 1. The Bertz CT molecular complexity index is 917. The predicted octanol–water partition coefficient (Wildman–Crippen LogP) is 1.56. The minimum Gasteiger partial charge on any atom is -0.493 e. The molecule has 4 rings (SSSR count). The number of carbonyl (C=O) groups excluding carboxylic acids is 1. The first kappa shape index (κ1) is 17.6. The van der Waals surface area contributed by atoms with Gasteiger partial charge in [0.15, 0.2) is 5.75 Å². The Morgan fingerprint density at radius 1 is 1.37 bits per heavy atom. The molecule has 1 aromatic heterocycles. The van der Waals surface area contributed by atoms with Crippen LogP contribution in [-0.2, 0) is 6.42 Å². The van der Waals surface area contributed by atoms with Crippen molar-refractivity contribution in [3.8, 4) is 11.5 Å². The van der Waals surface area contributed by atoms with Crippen molar-refractivity contribution in [1.29, 1.82) is 0 Å². The monoisotopic (exact) mass is 370 g/mol. The van der Waals surface area contributed by atoms with E-state index in [2.05, 4.69) is 16.4 Å². The quantitative estimate of drug-likeness (QED) is 0.742. The van der Waals surface area contributed by atoms with E-state index >= 15 is 0 Å². The maximum absolute atomic E-state index is 12.7. The van der Waals surface area contributed by atoms with Crippen LogP contribution in [0.1, 0.15) is 40.5 Å². The van der Waals surface area contributed by atoms with Gasteiger partial charge in [-0.1, -0.05) is 6.07 Å². The summed E-state index contributed by atoms with van der Waals surface area (Å²) in [4.78, 5) is 27.5. The lowest BCUT2D eigenvalue weighted by Crippen LogP contribution is -2.41. The molecule has 1 aromatic carbocycles. The number of hydrogen-bond acceptors (Lipinski definition) is 5. The third kappa shape index (κ3) is 3.42. The van der Waals surface area contributed by atoms with Gasteiger partial charge in [-0.25, -0.2) is 0 Å². The molecule has 2 heterocycles. The van der Waals surface area contributed by atoms with E-state index in [1.807, 2.05) is 12.1 Å². The number of benzene rings is 1. The summed E-state index contributed by atoms with van der Waals surface area (Å²) in [6.07, 6.45) is 3.18. The molecule has 1 aliphatic carbocycles. The summed E-state index contributed by atoms with van der Waals surface area (Å²) in [7, 11) is 1.40. The molecule has 27 heavy (non-hydrogen) atoms. The van der Waals surface area contributed by atoms with E-state index < -0.39 is 0 Å². The molecule has 3 N–H and O–H groups in total. The zero-order chi connectivity index (χ0) is 19.0. The van der Waals surface area contributed by atoms with Gasteiger partial charge >= 0.3 is 0 Å². The third-order valence-corrected chi connectivity index (χ3v) is 5.32. The van der Waals surface area contributed by atoms with Crippen molar-refractivity contribution in [1.82, 2.24) is 10.3 Å². The molecule has 1 aliphatic heterocycles. The van der Waals surface area contributed by atoms with Gasteiger partial charge in [-0.15, -0.1) is 0 Å². The largest absolute Gasteiger partial charge is 0.493 e. The van der Waals surface area contributed by atoms with Crippen molar-refractivity contribution in [2.24, 2.45) is 5.92 Å². The SMILES string of the molecule is COc1c[nH]c(C(=O)N[C@H](c2ccc3c(c2)CCO3)C2CC(O)C2)cc1=O. The van der Waals surface area contributed by atoms with E-state index in [9.17, 15) is 14.7 Å². The summed E-state index contributed by atoms with van der Waals surface area (Å²) in [6, 6.07) is 6.95. The fourth-order valence-electron chi connectivity index (χ4n) is 3.74. The van der Waals surface area contributed by atoms with E-state index in [1.165, 1.54) is 19.4 Å². The average molecular weight is 370 g/mol. The molecular formula is C20H22N2O5. The number of ether oxygens (including phenoxy) is 2. The lowest BCUT2D eigenvalue weighted by atomic mass is 9.74. The lowest BCUT2D eigenvalue weighted by Gasteiger charge is -2.38. The van der Waals surface area contributed by atoms with E-state index in [-0.39, 0.29) is 40.8 Å². The van der Waals surface area contributed by atoms with Crippen molar-refractivity contribution in [2.45, 2.75) is 31.4 Å². The molecule has 0 saturated heterocycles. The Morgan fingerprint density at radius 2 is 2.19 bits per heavy atom. The van der Waals surface area contributed by atoms with Crippen LogP contribution in [0.15, 0.2) is 35.3 Å². The summed E-state index contributed by atoms with van der Waals surface area (Å²) in [5.74, 6) is 0.827. The molecule has 1 amide bonds. The highest BCUT2D eigenvalue weighted by molar-refractivity contribution is 5.92. The minimum atomic E-state index is -0.363. The second-order valence-electron chi connectivity index (χ2n) is 7.08. The number of amides is 1. The van der Waals surface area contributed by atoms with Crippen molar-refractivity contribution >= 4 is 5.91 Å². The number of methoxy groups -OCH3 is 1. The zero-order valence-electron chi connectivity index (χ0n) is 15.0. The van der Waals surface area contributed by atoms with Crippen LogP contribution in [0.25, 0.3) is 0 Å². The number of pyridine rings is 1. The molecule has 142 valence electrons. The van der Waals surface area contributed by atoms with Gasteiger partial charge in [-0.3, -0.25) is 9.59 Å². The van der Waals surface area contributed by atoms with Crippen LogP contribution in [0.4, 0.5) is 0 Å². The molecule has 7 heteroatoms. The highest BCUT2D eigenvalue weighted by Gasteiger charge is 2.36.